The van der Waals surface area contributed by atoms with E-state index in [4.69, 9.17) is 9.90 Å². The van der Waals surface area contributed by atoms with Crippen LogP contribution in [-0.2, 0) is 11.2 Å². The molecule has 0 unspecified atom stereocenters. The van der Waals surface area contributed by atoms with Crippen molar-refractivity contribution in [3.05, 3.63) is 77.1 Å². The maximum Gasteiger partial charge on any atom is 0.490 e. The Morgan fingerprint density at radius 2 is 1.60 bits per heavy atom. The highest BCUT2D eigenvalue weighted by Gasteiger charge is 2.38. The standard InChI is InChI=1S/C28H31N5O3.C2HF3O2/c1-18-15-21(16-19(2)29-18)30-26-8-7-23(17-24(26)27(34)35)32-12-10-22(11-13-32)33-14-9-20-5-3-4-6-25(20)31-28(33)36;3-2(4,5)1(6)7/h3-8,15-17,22H,9-14H2,1-2H3,(H,29,30)(H,31,36)(H,34,35);(H,6,7). The van der Waals surface area contributed by atoms with Crippen molar-refractivity contribution < 1.29 is 37.8 Å². The summed E-state index contributed by atoms with van der Waals surface area (Å²) in [4.78, 5) is 42.4. The van der Waals surface area contributed by atoms with Gasteiger partial charge in [-0.05, 0) is 75.1 Å². The van der Waals surface area contributed by atoms with Gasteiger partial charge in [0.25, 0.3) is 0 Å². The number of fused-ring (bicyclic) bond motifs is 1. The van der Waals surface area contributed by atoms with Gasteiger partial charge in [0.05, 0.1) is 11.3 Å². The molecule has 1 aromatic heterocycles. The zero-order valence-electron chi connectivity index (χ0n) is 23.6. The summed E-state index contributed by atoms with van der Waals surface area (Å²) in [6.45, 7) is 6.05. The molecule has 0 aliphatic carbocycles. The molecule has 4 N–H and O–H groups in total. The summed E-state index contributed by atoms with van der Waals surface area (Å²) in [5.41, 5.74) is 6.28. The van der Waals surface area contributed by atoms with Crippen molar-refractivity contribution in [3.63, 3.8) is 0 Å². The van der Waals surface area contributed by atoms with Crippen LogP contribution in [0.3, 0.4) is 0 Å². The van der Waals surface area contributed by atoms with Gasteiger partial charge in [-0.2, -0.15) is 13.2 Å². The number of piperidine rings is 1. The Morgan fingerprint density at radius 1 is 0.977 bits per heavy atom. The van der Waals surface area contributed by atoms with E-state index >= 15 is 0 Å². The molecule has 13 heteroatoms. The monoisotopic (exact) mass is 599 g/mol. The predicted molar refractivity (Wildman–Crippen MR) is 155 cm³/mol. The maximum absolute atomic E-state index is 12.9. The van der Waals surface area contributed by atoms with Gasteiger partial charge < -0.3 is 30.6 Å². The molecule has 1 saturated heterocycles. The number of aliphatic carboxylic acids is 1. The van der Waals surface area contributed by atoms with Gasteiger partial charge in [-0.15, -0.1) is 0 Å². The van der Waals surface area contributed by atoms with Crippen molar-refractivity contribution in [2.45, 2.75) is 45.3 Å². The summed E-state index contributed by atoms with van der Waals surface area (Å²) in [7, 11) is 0. The van der Waals surface area contributed by atoms with Gasteiger partial charge in [0, 0.05) is 54.1 Å². The fraction of sp³-hybridized carbons (Fsp3) is 0.333. The van der Waals surface area contributed by atoms with Crippen LogP contribution in [0, 0.1) is 13.8 Å². The van der Waals surface area contributed by atoms with Crippen LogP contribution in [0.25, 0.3) is 0 Å². The summed E-state index contributed by atoms with van der Waals surface area (Å²) in [5.74, 6) is -3.73. The Bertz CT molecular complexity index is 1490. The number of carboxylic acids is 2. The second-order valence-electron chi connectivity index (χ2n) is 10.4. The fourth-order valence-electron chi connectivity index (χ4n) is 5.25. The number of benzene rings is 2. The third-order valence-corrected chi connectivity index (χ3v) is 7.25. The third kappa shape index (κ3) is 7.93. The first kappa shape index (κ1) is 31.1. The van der Waals surface area contributed by atoms with E-state index in [9.17, 15) is 27.9 Å². The number of hydrogen-bond donors (Lipinski definition) is 4. The number of aromatic carboxylic acids is 1. The number of urea groups is 1. The summed E-state index contributed by atoms with van der Waals surface area (Å²) in [5, 5.41) is 23.3. The van der Waals surface area contributed by atoms with E-state index in [1.807, 2.05) is 61.2 Å². The third-order valence-electron chi connectivity index (χ3n) is 7.25. The Labute approximate surface area is 246 Å². The molecule has 0 spiro atoms. The van der Waals surface area contributed by atoms with Crippen LogP contribution in [-0.4, -0.2) is 69.9 Å². The first-order valence-electron chi connectivity index (χ1n) is 13.6. The highest BCUT2D eigenvalue weighted by molar-refractivity contribution is 5.96. The van der Waals surface area contributed by atoms with E-state index in [2.05, 4.69) is 26.6 Å². The molecule has 0 saturated carbocycles. The van der Waals surface area contributed by atoms with E-state index in [1.54, 1.807) is 6.07 Å². The van der Waals surface area contributed by atoms with Crippen molar-refractivity contribution >= 4 is 40.7 Å². The molecule has 10 nitrogen and oxygen atoms in total. The lowest BCUT2D eigenvalue weighted by Gasteiger charge is -2.39. The topological polar surface area (TPSA) is 135 Å². The molecular formula is C30H32F3N5O5. The average Bonchev–Trinajstić information content (AvgIpc) is 3.10. The second-order valence-corrected chi connectivity index (χ2v) is 10.4. The number of carboxylic acid groups (broad SMARTS) is 2. The number of hydrogen-bond acceptors (Lipinski definition) is 6. The van der Waals surface area contributed by atoms with Gasteiger partial charge in [0.2, 0.25) is 0 Å². The van der Waals surface area contributed by atoms with Gasteiger partial charge in [0.1, 0.15) is 0 Å². The molecule has 2 aliphatic rings. The molecule has 3 aromatic rings. The Kier molecular flexibility index (Phi) is 9.42. The Hall–Kier alpha value is -4.81. The maximum atomic E-state index is 12.9. The molecular weight excluding hydrogens is 567 g/mol. The second kappa shape index (κ2) is 13.0. The molecule has 43 heavy (non-hydrogen) atoms. The van der Waals surface area contributed by atoms with Crippen molar-refractivity contribution in [3.8, 4) is 0 Å². The van der Waals surface area contributed by atoms with Gasteiger partial charge in [-0.25, -0.2) is 14.4 Å². The van der Waals surface area contributed by atoms with Gasteiger partial charge in [0.15, 0.2) is 0 Å². The molecule has 228 valence electrons. The van der Waals surface area contributed by atoms with Crippen LogP contribution < -0.4 is 15.5 Å². The molecule has 2 aliphatic heterocycles. The number of rotatable bonds is 5. The number of carbonyl (C=O) groups is 3. The van der Waals surface area contributed by atoms with Crippen molar-refractivity contribution in [1.29, 1.82) is 0 Å². The minimum Gasteiger partial charge on any atom is -0.478 e. The fourth-order valence-corrected chi connectivity index (χ4v) is 5.25. The number of carbonyl (C=O) groups excluding carboxylic acids is 1. The zero-order valence-corrected chi connectivity index (χ0v) is 23.6. The lowest BCUT2D eigenvalue weighted by atomic mass is 10.0. The highest BCUT2D eigenvalue weighted by Crippen LogP contribution is 2.30. The number of aromatic nitrogens is 1. The van der Waals surface area contributed by atoms with Crippen molar-refractivity contribution in [1.82, 2.24) is 9.88 Å². The molecule has 0 radical (unpaired) electrons. The van der Waals surface area contributed by atoms with Crippen LogP contribution >= 0.6 is 0 Å². The van der Waals surface area contributed by atoms with Crippen LogP contribution in [0.1, 0.15) is 40.2 Å². The van der Waals surface area contributed by atoms with Crippen LogP contribution in [0.4, 0.5) is 40.7 Å². The smallest absolute Gasteiger partial charge is 0.478 e. The van der Waals surface area contributed by atoms with E-state index in [0.717, 1.165) is 66.4 Å². The molecule has 0 bridgehead atoms. The Balaban J connectivity index is 0.000000541. The molecule has 5 rings (SSSR count). The number of pyridine rings is 1. The van der Waals surface area contributed by atoms with Crippen LogP contribution in [0.5, 0.6) is 0 Å². The quantitative estimate of drug-likeness (QED) is 0.288. The largest absolute Gasteiger partial charge is 0.490 e. The number of alkyl halides is 3. The van der Waals surface area contributed by atoms with Gasteiger partial charge in [-0.3, -0.25) is 4.98 Å². The Morgan fingerprint density at radius 3 is 2.21 bits per heavy atom. The first-order chi connectivity index (χ1) is 20.3. The number of nitrogens with one attached hydrogen (secondary N) is 2. The van der Waals surface area contributed by atoms with E-state index < -0.39 is 18.1 Å². The van der Waals surface area contributed by atoms with Gasteiger partial charge in [-0.1, -0.05) is 18.2 Å². The van der Waals surface area contributed by atoms with Crippen LogP contribution in [0.2, 0.25) is 0 Å². The highest BCUT2D eigenvalue weighted by atomic mass is 19.4. The number of anilines is 4. The SMILES string of the molecule is Cc1cc(Nc2ccc(N3CCC(N4CCc5ccccc5NC4=O)CC3)cc2C(=O)O)cc(C)n1.O=C(O)C(F)(F)F. The van der Waals surface area contributed by atoms with E-state index in [1.165, 1.54) is 0 Å². The minimum absolute atomic E-state index is 0.0384. The zero-order chi connectivity index (χ0) is 31.3. The normalized spacial score (nSPS) is 15.4. The lowest BCUT2D eigenvalue weighted by Crippen LogP contribution is -2.49. The van der Waals surface area contributed by atoms with Crippen LogP contribution in [0.15, 0.2) is 54.6 Å². The number of halogens is 3. The molecule has 2 aromatic carbocycles. The summed E-state index contributed by atoms with van der Waals surface area (Å²) >= 11 is 0. The van der Waals surface area contributed by atoms with Gasteiger partial charge >= 0.3 is 24.1 Å². The predicted octanol–water partition coefficient (Wildman–Crippen LogP) is 5.83. The summed E-state index contributed by atoms with van der Waals surface area (Å²) < 4.78 is 31.7. The number of aryl methyl sites for hydroxylation is 2. The molecule has 2 amide bonds. The van der Waals surface area contributed by atoms with E-state index in [-0.39, 0.29) is 17.6 Å². The lowest BCUT2D eigenvalue weighted by molar-refractivity contribution is -0.192. The summed E-state index contributed by atoms with van der Waals surface area (Å²) in [6.07, 6.45) is -2.58. The molecule has 0 atom stereocenters. The van der Waals surface area contributed by atoms with E-state index in [0.29, 0.717) is 12.2 Å². The summed E-state index contributed by atoms with van der Waals surface area (Å²) in [6, 6.07) is 17.4. The number of amides is 2. The molecule has 3 heterocycles. The van der Waals surface area contributed by atoms with Crippen molar-refractivity contribution in [2.24, 2.45) is 0 Å². The first-order valence-corrected chi connectivity index (χ1v) is 13.6. The average molecular weight is 600 g/mol. The molecule has 1 fully saturated rings. The minimum atomic E-state index is -5.08. The number of para-hydroxylation sites is 1. The number of nitrogens with zero attached hydrogens (tertiary/aromatic N) is 3. The van der Waals surface area contributed by atoms with Crippen molar-refractivity contribution in [2.75, 3.05) is 35.2 Å².